The topological polar surface area (TPSA) is 339 Å². The van der Waals surface area contributed by atoms with E-state index < -0.39 is 109 Å². The highest BCUT2D eigenvalue weighted by Crippen LogP contribution is 2.44. The molecule has 26 heteroatoms. The lowest BCUT2D eigenvalue weighted by atomic mass is 10.0. The molecule has 628 valence electrons. The van der Waals surface area contributed by atoms with Crippen LogP contribution in [0.5, 0.6) is 0 Å². The zero-order valence-electron chi connectivity index (χ0n) is 67.7. The predicted molar refractivity (Wildman–Crippen MR) is 425 cm³/mol. The molecule has 0 radical (unpaired) electrons. The van der Waals surface area contributed by atoms with E-state index in [9.17, 15) is 57.9 Å². The van der Waals surface area contributed by atoms with Crippen molar-refractivity contribution in [3.8, 4) is 0 Å². The highest BCUT2D eigenvalue weighted by atomic mass is 31.2. The molecule has 0 rings (SSSR count). The maximum Gasteiger partial charge on any atom is 0.472 e. The Kier molecular flexibility index (Phi) is 71.3. The van der Waals surface area contributed by atoms with E-state index in [0.717, 1.165) is 161 Å². The van der Waals surface area contributed by atoms with Gasteiger partial charge < -0.3 is 60.2 Å². The molecule has 0 heterocycles. The van der Waals surface area contributed by atoms with Crippen LogP contribution >= 0.6 is 15.6 Å². The van der Waals surface area contributed by atoms with E-state index in [1.807, 2.05) is 0 Å². The summed E-state index contributed by atoms with van der Waals surface area (Å²) in [5.74, 6) is -3.29. The number of phosphoric ester groups is 2. The Balaban J connectivity index is 5.70. The van der Waals surface area contributed by atoms with Gasteiger partial charge in [0.25, 0.3) is 0 Å². The molecule has 0 saturated carbocycles. The SMILES string of the molecule is CCCCCCC=CCCCC(=O)O[C@H](CCCCCCC)CC(=O)NC(COCC[C@H](O)CCCCCCC)COP(=O)(O)OCCNC(=O)CC(=O)NCCOP(=O)(O)OCC(COCC[C@H](O)CCCCCCC)NC(=O)C[C@@H](CCCCCCCCCCC)OC(=O)CCCC=CCCCCCC. The number of rotatable bonds is 80. The van der Waals surface area contributed by atoms with Gasteiger partial charge in [-0.25, -0.2) is 9.13 Å². The van der Waals surface area contributed by atoms with Crippen LogP contribution in [0.25, 0.3) is 0 Å². The van der Waals surface area contributed by atoms with Gasteiger partial charge in [0.1, 0.15) is 18.6 Å². The van der Waals surface area contributed by atoms with Gasteiger partial charge in [-0.1, -0.05) is 246 Å². The Morgan fingerprint density at radius 1 is 0.346 bits per heavy atom. The molecule has 0 aromatic heterocycles. The summed E-state index contributed by atoms with van der Waals surface area (Å²) in [6.07, 6.45) is 47.7. The molecule has 0 aliphatic carbocycles. The molecule has 8 atom stereocenters. The Hall–Kier alpha value is -3.64. The van der Waals surface area contributed by atoms with E-state index in [2.05, 4.69) is 87.1 Å². The molecule has 4 unspecified atom stereocenters. The van der Waals surface area contributed by atoms with Gasteiger partial charge in [0.05, 0.1) is 76.8 Å². The zero-order valence-corrected chi connectivity index (χ0v) is 69.5. The van der Waals surface area contributed by atoms with E-state index in [0.29, 0.717) is 51.4 Å². The molecule has 0 bridgehead atoms. The zero-order chi connectivity index (χ0) is 79.0. The Bertz CT molecular complexity index is 2320. The Morgan fingerprint density at radius 3 is 0.981 bits per heavy atom. The third kappa shape index (κ3) is 71.2. The van der Waals surface area contributed by atoms with Crippen molar-refractivity contribution in [2.45, 2.75) is 393 Å². The van der Waals surface area contributed by atoms with Crippen LogP contribution < -0.4 is 21.3 Å². The summed E-state index contributed by atoms with van der Waals surface area (Å²) in [4.78, 5) is 101. The second-order valence-corrected chi connectivity index (χ2v) is 31.8. The van der Waals surface area contributed by atoms with Crippen LogP contribution in [0.4, 0.5) is 0 Å². The average Bonchev–Trinajstić information content (AvgIpc) is 0.919. The molecule has 0 aliphatic rings. The predicted octanol–water partition coefficient (Wildman–Crippen LogP) is 17.4. The van der Waals surface area contributed by atoms with Gasteiger partial charge in [0, 0.05) is 39.1 Å². The number of phosphoric acid groups is 2. The fourth-order valence-electron chi connectivity index (χ4n) is 11.9. The van der Waals surface area contributed by atoms with Crippen molar-refractivity contribution < 1.29 is 94.9 Å². The molecule has 0 spiro atoms. The highest BCUT2D eigenvalue weighted by molar-refractivity contribution is 7.47. The van der Waals surface area contributed by atoms with Gasteiger partial charge >= 0.3 is 27.6 Å². The fraction of sp³-hybridized carbons (Fsp3) is 0.877. The van der Waals surface area contributed by atoms with Crippen LogP contribution in [-0.4, -0.2) is 158 Å². The summed E-state index contributed by atoms with van der Waals surface area (Å²) in [5.41, 5.74) is 0. The molecule has 24 nitrogen and oxygen atoms in total. The first-order chi connectivity index (χ1) is 51.7. The first-order valence-corrected chi connectivity index (χ1v) is 45.3. The number of esters is 2. The average molecular weight is 1570 g/mol. The number of unbranched alkanes of at least 4 members (excludes halogenated alkanes) is 30. The van der Waals surface area contributed by atoms with Gasteiger partial charge in [-0.2, -0.15) is 0 Å². The van der Waals surface area contributed by atoms with Crippen molar-refractivity contribution in [1.29, 1.82) is 0 Å². The smallest absolute Gasteiger partial charge is 0.462 e. The van der Waals surface area contributed by atoms with Crippen LogP contribution in [0.1, 0.15) is 356 Å². The number of ether oxygens (including phenoxy) is 4. The molecule has 0 saturated heterocycles. The number of hydrogen-bond acceptors (Lipinski definition) is 18. The van der Waals surface area contributed by atoms with E-state index in [1.54, 1.807) is 0 Å². The van der Waals surface area contributed by atoms with Crippen molar-refractivity contribution in [3.63, 3.8) is 0 Å². The maximum absolute atomic E-state index is 13.8. The lowest BCUT2D eigenvalue weighted by molar-refractivity contribution is -0.152. The standard InChI is InChI=1S/C81H154N4O20P2/c1-7-13-19-25-28-31-34-40-46-52-75(105-81(93)54-48-42-36-33-30-27-21-15-9-3)64-79(91)85-71(67-99-60-56-73(87)50-44-38-23-17-11-5)69-103-107(96,97)101-62-58-83-77(89)65-76(88)82-57-61-100-106(94,95)102-68-70(66-98-59-55-72(86)49-43-37-22-16-10-4)84-78(90)63-74(51-45-39-24-18-12-6)104-80(92)53-47-41-35-32-29-26-20-14-8-2/h32-33,35-36,70-75,86-87H,7-31,34,37-69H2,1-6H3,(H,82,88)(H,83,89)(H,84,90)(H,85,91)(H,94,95)(H,96,97)/t70?,71?,72-,73-,74-,75-/m1/s1. The maximum atomic E-state index is 13.8. The number of allylic oxidation sites excluding steroid dienone is 4. The molecule has 107 heavy (non-hydrogen) atoms. The molecule has 8 N–H and O–H groups in total. The Morgan fingerprint density at radius 2 is 0.645 bits per heavy atom. The van der Waals surface area contributed by atoms with Crippen molar-refractivity contribution in [2.24, 2.45) is 0 Å². The van der Waals surface area contributed by atoms with E-state index >= 15 is 0 Å². The fourth-order valence-corrected chi connectivity index (χ4v) is 13.5. The van der Waals surface area contributed by atoms with Gasteiger partial charge in [0.2, 0.25) is 23.6 Å². The van der Waals surface area contributed by atoms with Crippen molar-refractivity contribution in [3.05, 3.63) is 24.3 Å². The number of carbonyl (C=O) groups is 6. The molecule has 4 amide bonds. The van der Waals surface area contributed by atoms with Crippen LogP contribution in [0.3, 0.4) is 0 Å². The molecule has 0 aromatic rings. The minimum atomic E-state index is -4.82. The summed E-state index contributed by atoms with van der Waals surface area (Å²) in [7, 11) is -9.63. The second-order valence-electron chi connectivity index (χ2n) is 28.9. The van der Waals surface area contributed by atoms with Gasteiger partial charge in [-0.3, -0.25) is 46.9 Å². The van der Waals surface area contributed by atoms with Crippen LogP contribution in [-0.2, 0) is 74.9 Å². The molecular weight excluding hydrogens is 1410 g/mol. The lowest BCUT2D eigenvalue weighted by Gasteiger charge is -2.23. The van der Waals surface area contributed by atoms with E-state index in [-0.39, 0.29) is 77.1 Å². The van der Waals surface area contributed by atoms with E-state index in [4.69, 9.17) is 37.0 Å². The summed E-state index contributed by atoms with van der Waals surface area (Å²) >= 11 is 0. The lowest BCUT2D eigenvalue weighted by Crippen LogP contribution is -2.43. The number of hydrogen-bond donors (Lipinski definition) is 8. The Labute approximate surface area is 647 Å². The third-order valence-corrected chi connectivity index (χ3v) is 20.3. The number of amides is 4. The highest BCUT2D eigenvalue weighted by Gasteiger charge is 2.29. The van der Waals surface area contributed by atoms with Gasteiger partial charge in [-0.15, -0.1) is 0 Å². The van der Waals surface area contributed by atoms with Crippen LogP contribution in [0.15, 0.2) is 24.3 Å². The first-order valence-electron chi connectivity index (χ1n) is 42.3. The van der Waals surface area contributed by atoms with Crippen LogP contribution in [0, 0.1) is 0 Å². The largest absolute Gasteiger partial charge is 0.472 e. The summed E-state index contributed by atoms with van der Waals surface area (Å²) in [5, 5.41) is 31.7. The van der Waals surface area contributed by atoms with Crippen molar-refractivity contribution in [1.82, 2.24) is 21.3 Å². The third-order valence-electron chi connectivity index (χ3n) is 18.4. The first kappa shape index (κ1) is 103. The molecule has 0 aliphatic heterocycles. The molecule has 0 aromatic carbocycles. The summed E-state index contributed by atoms with van der Waals surface area (Å²) in [6.45, 7) is 10.2. The number of nitrogens with one attached hydrogen (secondary N) is 4. The number of aliphatic hydroxyl groups excluding tert-OH is 2. The monoisotopic (exact) mass is 1570 g/mol. The second kappa shape index (κ2) is 73.8. The van der Waals surface area contributed by atoms with Crippen molar-refractivity contribution >= 4 is 51.2 Å². The molecular formula is C81H154N4O20P2. The van der Waals surface area contributed by atoms with Crippen molar-refractivity contribution in [2.75, 3.05) is 65.9 Å². The minimum Gasteiger partial charge on any atom is -0.462 e. The van der Waals surface area contributed by atoms with Gasteiger partial charge in [0.15, 0.2) is 0 Å². The summed E-state index contributed by atoms with van der Waals surface area (Å²) < 4.78 is 70.8. The van der Waals surface area contributed by atoms with Crippen LogP contribution in [0.2, 0.25) is 0 Å². The molecule has 0 fully saturated rings. The number of carbonyl (C=O) groups excluding carboxylic acids is 6. The van der Waals surface area contributed by atoms with E-state index in [1.165, 1.54) is 70.6 Å². The normalized spacial score (nSPS) is 14.6. The number of aliphatic hydroxyl groups is 2. The summed E-state index contributed by atoms with van der Waals surface area (Å²) in [6, 6.07) is -1.92. The van der Waals surface area contributed by atoms with Gasteiger partial charge in [-0.05, 0) is 103 Å². The minimum absolute atomic E-state index is 0.143. The quantitative estimate of drug-likeness (QED) is 0.00922.